The molecule has 31 heavy (non-hydrogen) atoms. The Morgan fingerprint density at radius 1 is 0.419 bits per heavy atom. The summed E-state index contributed by atoms with van der Waals surface area (Å²) >= 11 is 0. The molecule has 0 radical (unpaired) electrons. The minimum absolute atomic E-state index is 0.0330. The third-order valence-electron chi connectivity index (χ3n) is 4.98. The molecular weight excluding hydrogens is 412 g/mol. The first-order chi connectivity index (χ1) is 15.1. The molecule has 0 unspecified atom stereocenters. The molecule has 1 nitrogen and oxygen atoms in total. The van der Waals surface area contributed by atoms with E-state index in [1.54, 1.807) is 0 Å². The van der Waals surface area contributed by atoms with Crippen LogP contribution in [0.1, 0.15) is 20.8 Å². The van der Waals surface area contributed by atoms with Crippen molar-refractivity contribution < 1.29 is 0 Å². The fourth-order valence-corrected chi connectivity index (χ4v) is 10.1. The maximum atomic E-state index is 2.80. The summed E-state index contributed by atoms with van der Waals surface area (Å²) in [6, 6.07) is 44.1. The molecule has 4 aromatic carbocycles. The van der Waals surface area contributed by atoms with Gasteiger partial charge in [0.1, 0.15) is 0 Å². The van der Waals surface area contributed by atoms with E-state index in [-0.39, 0.29) is 5.54 Å². The van der Waals surface area contributed by atoms with Gasteiger partial charge in [0.2, 0.25) is 0 Å². The topological polar surface area (TPSA) is 3.24 Å². The quantitative estimate of drug-likeness (QED) is 0.323. The smallest absolute Gasteiger partial charge is 0.0328 e. The predicted molar refractivity (Wildman–Crippen MR) is 140 cm³/mol. The first-order valence-electron chi connectivity index (χ1n) is 10.7. The van der Waals surface area contributed by atoms with Crippen LogP contribution in [0, 0.1) is 0 Å². The van der Waals surface area contributed by atoms with Gasteiger partial charge in [0.15, 0.2) is 0 Å². The van der Waals surface area contributed by atoms with E-state index in [1.165, 1.54) is 21.2 Å². The molecule has 0 amide bonds. The van der Waals surface area contributed by atoms with Gasteiger partial charge in [-0.3, -0.25) is 0 Å². The highest BCUT2D eigenvalue weighted by molar-refractivity contribution is 7.84. The second kappa shape index (κ2) is 9.88. The Morgan fingerprint density at radius 2 is 0.645 bits per heavy atom. The number of benzene rings is 4. The minimum atomic E-state index is -0.727. The molecule has 0 aliphatic rings. The highest BCUT2D eigenvalue weighted by atomic mass is 31.2. The maximum Gasteiger partial charge on any atom is 0.0328 e. The number of hydrogen-bond donors (Lipinski definition) is 0. The third-order valence-corrected chi connectivity index (χ3v) is 11.2. The van der Waals surface area contributed by atoms with Crippen molar-refractivity contribution in [1.82, 2.24) is 4.44 Å². The van der Waals surface area contributed by atoms with Crippen LogP contribution in [0.25, 0.3) is 0 Å². The molecule has 4 aromatic rings. The number of nitrogens with zero attached hydrogens (tertiary/aromatic N) is 1. The van der Waals surface area contributed by atoms with Gasteiger partial charge in [0.05, 0.1) is 0 Å². The van der Waals surface area contributed by atoms with E-state index < -0.39 is 16.1 Å². The largest absolute Gasteiger partial charge is 0.239 e. The van der Waals surface area contributed by atoms with Crippen molar-refractivity contribution in [3.8, 4) is 0 Å². The summed E-state index contributed by atoms with van der Waals surface area (Å²) in [7, 11) is -1.45. The monoisotopic (exact) mass is 441 g/mol. The van der Waals surface area contributed by atoms with E-state index in [0.29, 0.717) is 0 Å². The van der Waals surface area contributed by atoms with Crippen LogP contribution in [-0.4, -0.2) is 9.98 Å². The summed E-state index contributed by atoms with van der Waals surface area (Å²) in [4.78, 5) is 0. The Hall–Kier alpha value is -2.30. The van der Waals surface area contributed by atoms with Crippen LogP contribution in [0.5, 0.6) is 0 Å². The maximum absolute atomic E-state index is 2.80. The van der Waals surface area contributed by atoms with E-state index in [2.05, 4.69) is 147 Å². The molecule has 0 heterocycles. The predicted octanol–water partition coefficient (Wildman–Crippen LogP) is 6.18. The lowest BCUT2D eigenvalue weighted by atomic mass is 10.1. The van der Waals surface area contributed by atoms with E-state index >= 15 is 0 Å². The van der Waals surface area contributed by atoms with Crippen molar-refractivity contribution >= 4 is 37.4 Å². The van der Waals surface area contributed by atoms with E-state index in [1.807, 2.05) is 0 Å². The lowest BCUT2D eigenvalue weighted by Crippen LogP contribution is -2.42. The van der Waals surface area contributed by atoms with Gasteiger partial charge in [-0.15, -0.1) is 0 Å². The van der Waals surface area contributed by atoms with Crippen LogP contribution < -0.4 is 21.2 Å². The second-order valence-electron chi connectivity index (χ2n) is 8.43. The summed E-state index contributed by atoms with van der Waals surface area (Å²) in [5.41, 5.74) is -0.0330. The molecule has 0 N–H and O–H groups in total. The number of hydrogen-bond acceptors (Lipinski definition) is 1. The lowest BCUT2D eigenvalue weighted by Gasteiger charge is -2.47. The molecule has 0 spiro atoms. The molecule has 0 aromatic heterocycles. The fraction of sp³-hybridized carbons (Fsp3) is 0.143. The van der Waals surface area contributed by atoms with Crippen LogP contribution in [-0.2, 0) is 0 Å². The molecule has 0 aliphatic carbocycles. The summed E-state index contributed by atoms with van der Waals surface area (Å²) in [6.45, 7) is 7.07. The van der Waals surface area contributed by atoms with Crippen molar-refractivity contribution in [3.63, 3.8) is 0 Å². The van der Waals surface area contributed by atoms with Crippen molar-refractivity contribution in [1.29, 1.82) is 0 Å². The Labute approximate surface area is 189 Å². The van der Waals surface area contributed by atoms with Crippen LogP contribution >= 0.6 is 16.1 Å². The standard InChI is InChI=1S/C28H29NP2/c1-28(2,3)29(30(24-16-8-4-9-17-24)25-18-10-5-11-19-25)31(26-20-12-6-13-21-26)27-22-14-7-15-23-27/h4-23H,1-3H3. The zero-order valence-corrected chi connectivity index (χ0v) is 20.2. The molecule has 0 aliphatic heterocycles. The van der Waals surface area contributed by atoms with Crippen LogP contribution in [0.4, 0.5) is 0 Å². The normalized spacial score (nSPS) is 11.9. The summed E-state index contributed by atoms with van der Waals surface area (Å²) in [5, 5.41) is 5.55. The van der Waals surface area contributed by atoms with Gasteiger partial charge in [0, 0.05) is 21.7 Å². The number of rotatable bonds is 6. The Balaban J connectivity index is 1.97. The van der Waals surface area contributed by atoms with Crippen molar-refractivity contribution in [2.24, 2.45) is 0 Å². The summed E-state index contributed by atoms with van der Waals surface area (Å²) < 4.78 is 2.80. The Bertz CT molecular complexity index is 900. The molecule has 156 valence electrons. The highest BCUT2D eigenvalue weighted by Gasteiger charge is 2.38. The second-order valence-corrected chi connectivity index (χ2v) is 12.9. The van der Waals surface area contributed by atoms with Gasteiger partial charge in [-0.1, -0.05) is 121 Å². The van der Waals surface area contributed by atoms with Gasteiger partial charge in [0.25, 0.3) is 0 Å². The summed E-state index contributed by atoms with van der Waals surface area (Å²) in [5.74, 6) is 0. The van der Waals surface area contributed by atoms with E-state index in [9.17, 15) is 0 Å². The van der Waals surface area contributed by atoms with Crippen LogP contribution in [0.3, 0.4) is 0 Å². The van der Waals surface area contributed by atoms with Gasteiger partial charge in [-0.2, -0.15) is 0 Å². The molecule has 0 atom stereocenters. The van der Waals surface area contributed by atoms with Gasteiger partial charge in [-0.05, 0) is 42.0 Å². The fourth-order valence-electron chi connectivity index (χ4n) is 3.70. The molecule has 4 rings (SSSR count). The SMILES string of the molecule is CC(C)(C)N(P(c1ccccc1)c1ccccc1)P(c1ccccc1)c1ccccc1. The Kier molecular flexibility index (Phi) is 6.99. The zero-order valence-electron chi connectivity index (χ0n) is 18.4. The van der Waals surface area contributed by atoms with Crippen molar-refractivity contribution in [2.75, 3.05) is 0 Å². The molecule has 3 heteroatoms. The molecule has 0 fully saturated rings. The molecule has 0 saturated heterocycles. The van der Waals surface area contributed by atoms with Gasteiger partial charge < -0.3 is 0 Å². The lowest BCUT2D eigenvalue weighted by molar-refractivity contribution is 0.399. The first-order valence-corrected chi connectivity index (χ1v) is 13.2. The average molecular weight is 441 g/mol. The van der Waals surface area contributed by atoms with Gasteiger partial charge >= 0.3 is 0 Å². The third kappa shape index (κ3) is 5.13. The van der Waals surface area contributed by atoms with Crippen LogP contribution in [0.2, 0.25) is 0 Å². The Morgan fingerprint density at radius 3 is 0.839 bits per heavy atom. The average Bonchev–Trinajstić information content (AvgIpc) is 2.81. The van der Waals surface area contributed by atoms with Gasteiger partial charge in [-0.25, -0.2) is 4.44 Å². The molecule has 0 saturated carbocycles. The zero-order chi connectivity index (χ0) is 21.7. The van der Waals surface area contributed by atoms with Crippen molar-refractivity contribution in [3.05, 3.63) is 121 Å². The summed E-state index contributed by atoms with van der Waals surface area (Å²) in [6.07, 6.45) is 0. The molecular formula is C28H29NP2. The van der Waals surface area contributed by atoms with E-state index in [0.717, 1.165) is 0 Å². The highest BCUT2D eigenvalue weighted by Crippen LogP contribution is 2.58. The van der Waals surface area contributed by atoms with Crippen molar-refractivity contribution in [2.45, 2.75) is 26.3 Å². The molecule has 0 bridgehead atoms. The minimum Gasteiger partial charge on any atom is -0.239 e. The first kappa shape index (κ1) is 21.9. The van der Waals surface area contributed by atoms with E-state index in [4.69, 9.17) is 0 Å². The van der Waals surface area contributed by atoms with Crippen LogP contribution in [0.15, 0.2) is 121 Å².